The van der Waals surface area contributed by atoms with E-state index in [0.29, 0.717) is 18.2 Å². The van der Waals surface area contributed by atoms with Gasteiger partial charge in [-0.2, -0.15) is 0 Å². The first-order valence-electron chi connectivity index (χ1n) is 4.87. The van der Waals surface area contributed by atoms with Gasteiger partial charge < -0.3 is 10.5 Å². The molecule has 0 spiro atoms. The van der Waals surface area contributed by atoms with Crippen LogP contribution in [0.3, 0.4) is 0 Å². The lowest BCUT2D eigenvalue weighted by molar-refractivity contribution is 0.327. The molecule has 3 N–H and O–H groups in total. The second-order valence-electron chi connectivity index (χ2n) is 3.03. The standard InChI is InChI=1S/C9H15N3O3S/c1-2-15-9-4-3-8(7-11-9)12-16(13,14)6-5-10/h3-4,7,12H,2,5-6,10H2,1H3. The topological polar surface area (TPSA) is 94.3 Å². The molecule has 1 rings (SSSR count). The molecule has 16 heavy (non-hydrogen) atoms. The van der Waals surface area contributed by atoms with Crippen LogP contribution in [0, 0.1) is 0 Å². The SMILES string of the molecule is CCOc1ccc(NS(=O)(=O)CCN)cn1. The van der Waals surface area contributed by atoms with Crippen LogP contribution in [0.1, 0.15) is 6.92 Å². The van der Waals surface area contributed by atoms with Crippen molar-refractivity contribution in [2.24, 2.45) is 5.73 Å². The predicted molar refractivity (Wildman–Crippen MR) is 61.9 cm³/mol. The Morgan fingerprint density at radius 2 is 2.25 bits per heavy atom. The molecule has 0 aliphatic heterocycles. The minimum Gasteiger partial charge on any atom is -0.478 e. The van der Waals surface area contributed by atoms with Crippen LogP contribution in [-0.2, 0) is 10.0 Å². The molecule has 90 valence electrons. The zero-order valence-corrected chi connectivity index (χ0v) is 9.83. The van der Waals surface area contributed by atoms with Crippen molar-refractivity contribution < 1.29 is 13.2 Å². The van der Waals surface area contributed by atoms with Crippen molar-refractivity contribution in [2.45, 2.75) is 6.92 Å². The molecule has 0 amide bonds. The zero-order valence-electron chi connectivity index (χ0n) is 9.01. The van der Waals surface area contributed by atoms with E-state index in [4.69, 9.17) is 10.5 Å². The van der Waals surface area contributed by atoms with Crippen LogP contribution in [0.5, 0.6) is 5.88 Å². The summed E-state index contributed by atoms with van der Waals surface area (Å²) in [5.41, 5.74) is 5.58. The lowest BCUT2D eigenvalue weighted by Gasteiger charge is -2.07. The molecule has 1 aromatic heterocycles. The van der Waals surface area contributed by atoms with Crippen LogP contribution >= 0.6 is 0 Å². The van der Waals surface area contributed by atoms with E-state index in [1.54, 1.807) is 12.1 Å². The lowest BCUT2D eigenvalue weighted by Crippen LogP contribution is -2.22. The first kappa shape index (κ1) is 12.7. The van der Waals surface area contributed by atoms with E-state index in [9.17, 15) is 8.42 Å². The van der Waals surface area contributed by atoms with Crippen molar-refractivity contribution in [2.75, 3.05) is 23.6 Å². The van der Waals surface area contributed by atoms with Gasteiger partial charge in [0.15, 0.2) is 0 Å². The van der Waals surface area contributed by atoms with Gasteiger partial charge in [0.1, 0.15) is 0 Å². The molecule has 0 aromatic carbocycles. The Labute approximate surface area is 94.9 Å². The number of aromatic nitrogens is 1. The third-order valence-corrected chi connectivity index (χ3v) is 3.01. The fraction of sp³-hybridized carbons (Fsp3) is 0.444. The van der Waals surface area contributed by atoms with E-state index in [-0.39, 0.29) is 12.3 Å². The van der Waals surface area contributed by atoms with E-state index in [1.807, 2.05) is 6.92 Å². The van der Waals surface area contributed by atoms with Gasteiger partial charge in [-0.25, -0.2) is 13.4 Å². The van der Waals surface area contributed by atoms with Gasteiger partial charge in [-0.15, -0.1) is 0 Å². The van der Waals surface area contributed by atoms with Crippen molar-refractivity contribution in [1.82, 2.24) is 4.98 Å². The Morgan fingerprint density at radius 1 is 1.50 bits per heavy atom. The van der Waals surface area contributed by atoms with Crippen LogP contribution in [0.2, 0.25) is 0 Å². The van der Waals surface area contributed by atoms with Gasteiger partial charge in [-0.3, -0.25) is 4.72 Å². The number of ether oxygens (including phenoxy) is 1. The number of rotatable bonds is 6. The maximum Gasteiger partial charge on any atom is 0.234 e. The Morgan fingerprint density at radius 3 is 2.75 bits per heavy atom. The quantitative estimate of drug-likeness (QED) is 0.745. The smallest absolute Gasteiger partial charge is 0.234 e. The highest BCUT2D eigenvalue weighted by Crippen LogP contribution is 2.12. The van der Waals surface area contributed by atoms with Crippen LogP contribution in [0.25, 0.3) is 0 Å². The number of nitrogens with one attached hydrogen (secondary N) is 1. The molecule has 6 nitrogen and oxygen atoms in total. The highest BCUT2D eigenvalue weighted by molar-refractivity contribution is 7.92. The summed E-state index contributed by atoms with van der Waals surface area (Å²) < 4.78 is 30.2. The Hall–Kier alpha value is -1.34. The molecular weight excluding hydrogens is 230 g/mol. The molecular formula is C9H15N3O3S. The largest absolute Gasteiger partial charge is 0.478 e. The summed E-state index contributed by atoms with van der Waals surface area (Å²) >= 11 is 0. The maximum atomic E-state index is 11.4. The third kappa shape index (κ3) is 4.03. The van der Waals surface area contributed by atoms with E-state index in [2.05, 4.69) is 9.71 Å². The van der Waals surface area contributed by atoms with Crippen molar-refractivity contribution in [3.05, 3.63) is 18.3 Å². The maximum absolute atomic E-state index is 11.4. The van der Waals surface area contributed by atoms with Crippen LogP contribution < -0.4 is 15.2 Å². The van der Waals surface area contributed by atoms with Gasteiger partial charge in [0.05, 0.1) is 24.2 Å². The van der Waals surface area contributed by atoms with Gasteiger partial charge in [-0.1, -0.05) is 0 Å². The minimum atomic E-state index is -3.37. The molecule has 0 saturated heterocycles. The summed E-state index contributed by atoms with van der Waals surface area (Å²) in [4.78, 5) is 3.93. The summed E-state index contributed by atoms with van der Waals surface area (Å²) in [6.45, 7) is 2.45. The average molecular weight is 245 g/mol. The highest BCUT2D eigenvalue weighted by Gasteiger charge is 2.08. The van der Waals surface area contributed by atoms with Crippen molar-refractivity contribution >= 4 is 15.7 Å². The molecule has 0 fully saturated rings. The first-order chi connectivity index (χ1) is 7.57. The zero-order chi connectivity index (χ0) is 12.0. The van der Waals surface area contributed by atoms with Gasteiger partial charge in [-0.05, 0) is 13.0 Å². The van der Waals surface area contributed by atoms with Crippen LogP contribution in [0.4, 0.5) is 5.69 Å². The minimum absolute atomic E-state index is 0.0831. The molecule has 1 aromatic rings. The molecule has 7 heteroatoms. The van der Waals surface area contributed by atoms with Crippen LogP contribution in [-0.4, -0.2) is 32.3 Å². The van der Waals surface area contributed by atoms with E-state index < -0.39 is 10.0 Å². The summed E-state index contributed by atoms with van der Waals surface area (Å²) in [5, 5.41) is 0. The average Bonchev–Trinajstić information content (AvgIpc) is 2.21. The number of sulfonamides is 1. The van der Waals surface area contributed by atoms with E-state index in [1.165, 1.54) is 6.20 Å². The van der Waals surface area contributed by atoms with Crippen molar-refractivity contribution in [3.8, 4) is 5.88 Å². The summed E-state index contributed by atoms with van der Waals surface area (Å²) in [7, 11) is -3.37. The van der Waals surface area contributed by atoms with E-state index in [0.717, 1.165) is 0 Å². The van der Waals surface area contributed by atoms with E-state index >= 15 is 0 Å². The first-order valence-corrected chi connectivity index (χ1v) is 6.52. The molecule has 0 atom stereocenters. The molecule has 0 bridgehead atoms. The van der Waals surface area contributed by atoms with Gasteiger partial charge >= 0.3 is 0 Å². The number of nitrogens with two attached hydrogens (primary N) is 1. The van der Waals surface area contributed by atoms with Crippen molar-refractivity contribution in [1.29, 1.82) is 0 Å². The number of hydrogen-bond acceptors (Lipinski definition) is 5. The Kier molecular flexibility index (Phi) is 4.51. The van der Waals surface area contributed by atoms with Crippen molar-refractivity contribution in [3.63, 3.8) is 0 Å². The van der Waals surface area contributed by atoms with Gasteiger partial charge in [0.25, 0.3) is 0 Å². The molecule has 1 heterocycles. The Balaban J connectivity index is 2.68. The summed E-state index contributed by atoms with van der Waals surface area (Å²) in [6, 6.07) is 3.19. The normalized spacial score (nSPS) is 11.1. The fourth-order valence-electron chi connectivity index (χ4n) is 1.06. The number of hydrogen-bond donors (Lipinski definition) is 2. The second kappa shape index (κ2) is 5.66. The molecule has 0 aliphatic carbocycles. The van der Waals surface area contributed by atoms with Gasteiger partial charge in [0.2, 0.25) is 15.9 Å². The Bertz CT molecular complexity index is 416. The fourth-order valence-corrected chi connectivity index (χ4v) is 1.95. The summed E-state index contributed by atoms with van der Waals surface area (Å²) in [6.07, 6.45) is 1.40. The van der Waals surface area contributed by atoms with Crippen LogP contribution in [0.15, 0.2) is 18.3 Å². The number of nitrogens with zero attached hydrogens (tertiary/aromatic N) is 1. The number of pyridine rings is 1. The molecule has 0 aliphatic rings. The second-order valence-corrected chi connectivity index (χ2v) is 4.87. The predicted octanol–water partition coefficient (Wildman–Crippen LogP) is 0.181. The monoisotopic (exact) mass is 245 g/mol. The highest BCUT2D eigenvalue weighted by atomic mass is 32.2. The summed E-state index contributed by atoms with van der Waals surface area (Å²) in [5.74, 6) is 0.351. The molecule has 0 radical (unpaired) electrons. The molecule has 0 unspecified atom stereocenters. The third-order valence-electron chi connectivity index (χ3n) is 1.69. The molecule has 0 saturated carbocycles. The lowest BCUT2D eigenvalue weighted by atomic mass is 10.4. The van der Waals surface area contributed by atoms with Gasteiger partial charge in [0, 0.05) is 12.6 Å². The number of anilines is 1.